The Morgan fingerprint density at radius 1 is 1.20 bits per heavy atom. The molecule has 2 N–H and O–H groups in total. The molecule has 1 saturated carbocycles. The summed E-state index contributed by atoms with van der Waals surface area (Å²) in [6.07, 6.45) is 4.31. The maximum Gasteiger partial charge on any atom is 0.0161 e. The second-order valence-corrected chi connectivity index (χ2v) is 4.68. The SMILES string of the molecule is NC1CSCCC1C1CC1. The van der Waals surface area contributed by atoms with Crippen LogP contribution in [-0.2, 0) is 0 Å². The molecular weight excluding hydrogens is 142 g/mol. The van der Waals surface area contributed by atoms with E-state index in [0.29, 0.717) is 6.04 Å². The van der Waals surface area contributed by atoms with Gasteiger partial charge in [-0.25, -0.2) is 0 Å². The summed E-state index contributed by atoms with van der Waals surface area (Å²) in [7, 11) is 0. The highest BCUT2D eigenvalue weighted by atomic mass is 32.2. The maximum absolute atomic E-state index is 6.00. The molecule has 58 valence electrons. The summed E-state index contributed by atoms with van der Waals surface area (Å²) >= 11 is 2.03. The van der Waals surface area contributed by atoms with Crippen molar-refractivity contribution in [1.82, 2.24) is 0 Å². The third kappa shape index (κ3) is 1.32. The predicted octanol–water partition coefficient (Wildman–Crippen LogP) is 1.48. The van der Waals surface area contributed by atoms with E-state index in [2.05, 4.69) is 0 Å². The van der Waals surface area contributed by atoms with E-state index in [4.69, 9.17) is 5.73 Å². The van der Waals surface area contributed by atoms with Gasteiger partial charge in [0.15, 0.2) is 0 Å². The van der Waals surface area contributed by atoms with Crippen LogP contribution in [0.5, 0.6) is 0 Å². The summed E-state index contributed by atoms with van der Waals surface area (Å²) in [4.78, 5) is 0. The van der Waals surface area contributed by atoms with Gasteiger partial charge >= 0.3 is 0 Å². The molecule has 2 aliphatic rings. The quantitative estimate of drug-likeness (QED) is 0.624. The van der Waals surface area contributed by atoms with Crippen molar-refractivity contribution < 1.29 is 0 Å². The van der Waals surface area contributed by atoms with E-state index in [-0.39, 0.29) is 0 Å². The standard InChI is InChI=1S/C8H15NS/c9-8-5-10-4-3-7(8)6-1-2-6/h6-8H,1-5,9H2. The first-order valence-corrected chi connectivity index (χ1v) is 5.37. The Morgan fingerprint density at radius 2 is 2.00 bits per heavy atom. The number of hydrogen-bond acceptors (Lipinski definition) is 2. The number of thioether (sulfide) groups is 1. The van der Waals surface area contributed by atoms with Crippen LogP contribution in [-0.4, -0.2) is 17.5 Å². The molecule has 2 unspecified atom stereocenters. The third-order valence-corrected chi connectivity index (χ3v) is 3.83. The molecule has 1 saturated heterocycles. The van der Waals surface area contributed by atoms with Gasteiger partial charge in [-0.05, 0) is 36.9 Å². The summed E-state index contributed by atoms with van der Waals surface area (Å²) in [6.45, 7) is 0. The average molecular weight is 157 g/mol. The number of nitrogens with two attached hydrogens (primary N) is 1. The molecule has 2 heteroatoms. The Labute approximate surface area is 66.7 Å². The lowest BCUT2D eigenvalue weighted by atomic mass is 9.93. The molecule has 0 amide bonds. The van der Waals surface area contributed by atoms with Gasteiger partial charge in [0.05, 0.1) is 0 Å². The van der Waals surface area contributed by atoms with Crippen molar-refractivity contribution in [1.29, 1.82) is 0 Å². The van der Waals surface area contributed by atoms with Crippen LogP contribution < -0.4 is 5.73 Å². The van der Waals surface area contributed by atoms with Crippen LogP contribution in [0.25, 0.3) is 0 Å². The van der Waals surface area contributed by atoms with Crippen molar-refractivity contribution in [3.8, 4) is 0 Å². The summed E-state index contributed by atoms with van der Waals surface area (Å²) in [5.41, 5.74) is 6.00. The van der Waals surface area contributed by atoms with Crippen LogP contribution in [0.3, 0.4) is 0 Å². The van der Waals surface area contributed by atoms with Crippen molar-refractivity contribution in [2.24, 2.45) is 17.6 Å². The monoisotopic (exact) mass is 157 g/mol. The summed E-state index contributed by atoms with van der Waals surface area (Å²) in [5, 5.41) is 0. The Bertz CT molecular complexity index is 122. The van der Waals surface area contributed by atoms with Crippen molar-refractivity contribution in [2.45, 2.75) is 25.3 Å². The Hall–Kier alpha value is 0.310. The van der Waals surface area contributed by atoms with Crippen LogP contribution >= 0.6 is 11.8 Å². The molecule has 0 aromatic rings. The minimum absolute atomic E-state index is 0.520. The van der Waals surface area contributed by atoms with Gasteiger partial charge in [-0.3, -0.25) is 0 Å². The zero-order valence-electron chi connectivity index (χ0n) is 6.25. The van der Waals surface area contributed by atoms with E-state index >= 15 is 0 Å². The lowest BCUT2D eigenvalue weighted by molar-refractivity contribution is 0.379. The summed E-state index contributed by atoms with van der Waals surface area (Å²) in [5.74, 6) is 4.48. The molecule has 1 heterocycles. The molecule has 1 aliphatic heterocycles. The molecule has 1 aliphatic carbocycles. The zero-order chi connectivity index (χ0) is 6.97. The zero-order valence-corrected chi connectivity index (χ0v) is 7.07. The van der Waals surface area contributed by atoms with Gasteiger partial charge in [0.2, 0.25) is 0 Å². The smallest absolute Gasteiger partial charge is 0.0161 e. The van der Waals surface area contributed by atoms with E-state index in [1.807, 2.05) is 11.8 Å². The molecule has 2 rings (SSSR count). The molecule has 1 nitrogen and oxygen atoms in total. The van der Waals surface area contributed by atoms with Crippen LogP contribution in [0.15, 0.2) is 0 Å². The van der Waals surface area contributed by atoms with Gasteiger partial charge in [0.1, 0.15) is 0 Å². The van der Waals surface area contributed by atoms with Crippen LogP contribution in [0.2, 0.25) is 0 Å². The molecule has 2 fully saturated rings. The van der Waals surface area contributed by atoms with Gasteiger partial charge in [-0.1, -0.05) is 0 Å². The summed E-state index contributed by atoms with van der Waals surface area (Å²) in [6, 6.07) is 0.520. The maximum atomic E-state index is 6.00. The topological polar surface area (TPSA) is 26.0 Å². The van der Waals surface area contributed by atoms with Crippen LogP contribution in [0, 0.1) is 11.8 Å². The minimum atomic E-state index is 0.520. The number of rotatable bonds is 1. The molecule has 0 aromatic carbocycles. The highest BCUT2D eigenvalue weighted by Crippen LogP contribution is 2.42. The van der Waals surface area contributed by atoms with Gasteiger partial charge < -0.3 is 5.73 Å². The molecule has 2 atom stereocenters. The second-order valence-electron chi connectivity index (χ2n) is 3.53. The lowest BCUT2D eigenvalue weighted by Gasteiger charge is -2.27. The lowest BCUT2D eigenvalue weighted by Crippen LogP contribution is -2.37. The summed E-state index contributed by atoms with van der Waals surface area (Å²) < 4.78 is 0. The first-order valence-electron chi connectivity index (χ1n) is 4.21. The van der Waals surface area contributed by atoms with Crippen molar-refractivity contribution in [3.05, 3.63) is 0 Å². The molecule has 0 bridgehead atoms. The Balaban J connectivity index is 1.90. The van der Waals surface area contributed by atoms with Crippen LogP contribution in [0.4, 0.5) is 0 Å². The molecule has 0 spiro atoms. The van der Waals surface area contributed by atoms with Crippen molar-refractivity contribution in [3.63, 3.8) is 0 Å². The molecule has 10 heavy (non-hydrogen) atoms. The van der Waals surface area contributed by atoms with Gasteiger partial charge in [0.25, 0.3) is 0 Å². The van der Waals surface area contributed by atoms with Gasteiger partial charge in [-0.15, -0.1) is 0 Å². The molecular formula is C8H15NS. The normalized spacial score (nSPS) is 41.7. The molecule has 0 radical (unpaired) electrons. The largest absolute Gasteiger partial charge is 0.327 e. The fourth-order valence-corrected chi connectivity index (χ4v) is 3.01. The average Bonchev–Trinajstić information content (AvgIpc) is 2.71. The Kier molecular flexibility index (Phi) is 1.92. The first kappa shape index (κ1) is 6.99. The van der Waals surface area contributed by atoms with Gasteiger partial charge in [-0.2, -0.15) is 11.8 Å². The van der Waals surface area contributed by atoms with E-state index < -0.39 is 0 Å². The Morgan fingerprint density at radius 3 is 2.60 bits per heavy atom. The van der Waals surface area contributed by atoms with Gasteiger partial charge in [0, 0.05) is 11.8 Å². The first-order chi connectivity index (χ1) is 4.88. The predicted molar refractivity (Wildman–Crippen MR) is 46.1 cm³/mol. The minimum Gasteiger partial charge on any atom is -0.327 e. The number of hydrogen-bond donors (Lipinski definition) is 1. The highest BCUT2D eigenvalue weighted by Gasteiger charge is 2.36. The highest BCUT2D eigenvalue weighted by molar-refractivity contribution is 7.99. The van der Waals surface area contributed by atoms with E-state index in [9.17, 15) is 0 Å². The fourth-order valence-electron chi connectivity index (χ4n) is 1.89. The fraction of sp³-hybridized carbons (Fsp3) is 1.00. The molecule has 0 aromatic heterocycles. The van der Waals surface area contributed by atoms with Crippen LogP contribution in [0.1, 0.15) is 19.3 Å². The van der Waals surface area contributed by atoms with Crippen molar-refractivity contribution in [2.75, 3.05) is 11.5 Å². The van der Waals surface area contributed by atoms with Crippen molar-refractivity contribution >= 4 is 11.8 Å². The van der Waals surface area contributed by atoms with E-state index in [1.54, 1.807) is 0 Å². The second kappa shape index (κ2) is 2.74. The van der Waals surface area contributed by atoms with E-state index in [0.717, 1.165) is 11.8 Å². The third-order valence-electron chi connectivity index (χ3n) is 2.68. The van der Waals surface area contributed by atoms with E-state index in [1.165, 1.54) is 30.8 Å².